The van der Waals surface area contributed by atoms with Gasteiger partial charge < -0.3 is 0 Å². The van der Waals surface area contributed by atoms with Crippen LogP contribution in [-0.4, -0.2) is 9.65 Å². The van der Waals surface area contributed by atoms with Crippen molar-refractivity contribution in [3.8, 4) is 0 Å². The van der Waals surface area contributed by atoms with Gasteiger partial charge in [-0.25, -0.2) is 0 Å². The number of hydrogen-bond donors (Lipinski definition) is 0. The smallest absolute Gasteiger partial charge is 0.0215 e. The molecule has 0 radical (unpaired) electrons. The maximum absolute atomic E-state index is 3.86. The van der Waals surface area contributed by atoms with Gasteiger partial charge in [0.2, 0.25) is 0 Å². The second kappa shape index (κ2) is 2.25. The van der Waals surface area contributed by atoms with Gasteiger partial charge in [-0.1, -0.05) is 31.9 Å². The molecule has 3 rings (SSSR count). The van der Waals surface area contributed by atoms with Gasteiger partial charge in [-0.2, -0.15) is 0 Å². The highest BCUT2D eigenvalue weighted by Crippen LogP contribution is 2.64. The predicted molar refractivity (Wildman–Crippen MR) is 53.2 cm³/mol. The zero-order valence-corrected chi connectivity index (χ0v) is 9.51. The molecule has 0 aromatic heterocycles. The van der Waals surface area contributed by atoms with Crippen LogP contribution in [0.4, 0.5) is 0 Å². The minimum atomic E-state index is 0.843. The first-order valence-corrected chi connectivity index (χ1v) is 6.40. The maximum atomic E-state index is 3.86. The van der Waals surface area contributed by atoms with Crippen LogP contribution >= 0.6 is 31.9 Å². The van der Waals surface area contributed by atoms with Crippen LogP contribution in [0.3, 0.4) is 0 Å². The summed E-state index contributed by atoms with van der Waals surface area (Å²) in [4.78, 5) is 1.69. The third kappa shape index (κ3) is 0.861. The van der Waals surface area contributed by atoms with Gasteiger partial charge in [0, 0.05) is 9.65 Å². The molecular weight excluding hydrogens is 268 g/mol. The van der Waals surface area contributed by atoms with Gasteiger partial charge in [-0.3, -0.25) is 0 Å². The largest absolute Gasteiger partial charge is 0.0884 e. The fourth-order valence-corrected chi connectivity index (χ4v) is 6.08. The molecule has 62 valence electrons. The summed E-state index contributed by atoms with van der Waals surface area (Å²) in [6.07, 6.45) is 4.46. The lowest BCUT2D eigenvalue weighted by atomic mass is 9.89. The van der Waals surface area contributed by atoms with Gasteiger partial charge in [0.15, 0.2) is 0 Å². The molecule has 3 aliphatic rings. The quantitative estimate of drug-likeness (QED) is 0.598. The van der Waals surface area contributed by atoms with Crippen LogP contribution < -0.4 is 0 Å². The lowest BCUT2D eigenvalue weighted by Gasteiger charge is -2.28. The summed E-state index contributed by atoms with van der Waals surface area (Å²) in [5.41, 5.74) is 0. The molecule has 0 amide bonds. The zero-order chi connectivity index (χ0) is 7.59. The van der Waals surface area contributed by atoms with E-state index in [1.54, 1.807) is 0 Å². The topological polar surface area (TPSA) is 0 Å². The van der Waals surface area contributed by atoms with Crippen LogP contribution in [0.2, 0.25) is 0 Å². The molecule has 0 saturated heterocycles. The molecule has 2 bridgehead atoms. The number of alkyl halides is 2. The molecule has 6 atom stereocenters. The van der Waals surface area contributed by atoms with E-state index in [-0.39, 0.29) is 0 Å². The Kier molecular flexibility index (Phi) is 1.51. The van der Waals surface area contributed by atoms with Crippen molar-refractivity contribution in [2.24, 2.45) is 23.7 Å². The molecule has 3 fully saturated rings. The van der Waals surface area contributed by atoms with Crippen LogP contribution in [0.25, 0.3) is 0 Å². The average molecular weight is 280 g/mol. The third-order valence-electron chi connectivity index (χ3n) is 3.91. The Morgan fingerprint density at radius 1 is 0.727 bits per heavy atom. The fraction of sp³-hybridized carbons (Fsp3) is 1.00. The maximum Gasteiger partial charge on any atom is 0.0215 e. The summed E-state index contributed by atoms with van der Waals surface area (Å²) in [5.74, 6) is 4.13. The summed E-state index contributed by atoms with van der Waals surface area (Å²) >= 11 is 7.72. The fourth-order valence-electron chi connectivity index (χ4n) is 3.22. The van der Waals surface area contributed by atoms with Crippen molar-refractivity contribution >= 4 is 31.9 Å². The molecule has 0 N–H and O–H groups in total. The van der Waals surface area contributed by atoms with Crippen LogP contribution in [0, 0.1) is 23.7 Å². The molecule has 0 spiro atoms. The molecule has 0 aromatic carbocycles. The normalized spacial score (nSPS) is 66.0. The van der Waals surface area contributed by atoms with Gasteiger partial charge in [0.1, 0.15) is 0 Å². The van der Waals surface area contributed by atoms with Crippen LogP contribution in [0.5, 0.6) is 0 Å². The van der Waals surface area contributed by atoms with Gasteiger partial charge in [-0.05, 0) is 42.9 Å². The Morgan fingerprint density at radius 3 is 2.18 bits per heavy atom. The van der Waals surface area contributed by atoms with Gasteiger partial charge >= 0.3 is 0 Å². The highest BCUT2D eigenvalue weighted by molar-refractivity contribution is 9.10. The molecule has 0 nitrogen and oxygen atoms in total. The zero-order valence-electron chi connectivity index (χ0n) is 6.34. The average Bonchev–Trinajstić information content (AvgIpc) is 2.68. The van der Waals surface area contributed by atoms with E-state index in [0.29, 0.717) is 0 Å². The highest BCUT2D eigenvalue weighted by Gasteiger charge is 2.59. The van der Waals surface area contributed by atoms with E-state index < -0.39 is 0 Å². The summed E-state index contributed by atoms with van der Waals surface area (Å²) in [5, 5.41) is 0. The van der Waals surface area contributed by atoms with Crippen molar-refractivity contribution in [3.05, 3.63) is 0 Å². The minimum Gasteiger partial charge on any atom is -0.0884 e. The highest BCUT2D eigenvalue weighted by atomic mass is 79.9. The second-order valence-corrected chi connectivity index (χ2v) is 6.47. The molecule has 11 heavy (non-hydrogen) atoms. The van der Waals surface area contributed by atoms with E-state index in [2.05, 4.69) is 31.9 Å². The third-order valence-corrected chi connectivity index (χ3v) is 6.63. The lowest BCUT2D eigenvalue weighted by molar-refractivity contribution is 0.371. The van der Waals surface area contributed by atoms with E-state index in [0.717, 1.165) is 33.3 Å². The standard InChI is InChI=1S/C9H12Br2/c10-8-4-1-2-5(8)9(11)7-3-6(4)7/h4-9H,1-3H2/t4-,5-,6+,7+,8?,9-/m1/s1. The Balaban J connectivity index is 1.94. The Hall–Kier alpha value is 0.960. The minimum absolute atomic E-state index is 0.843. The molecule has 3 saturated carbocycles. The molecule has 1 unspecified atom stereocenters. The number of hydrogen-bond acceptors (Lipinski definition) is 0. The summed E-state index contributed by atoms with van der Waals surface area (Å²) in [7, 11) is 0. The Bertz CT molecular complexity index is 188. The first-order chi connectivity index (χ1) is 5.29. The van der Waals surface area contributed by atoms with Crippen molar-refractivity contribution in [2.75, 3.05) is 0 Å². The number of fused-ring (bicyclic) bond motifs is 4. The molecular formula is C9H12Br2. The van der Waals surface area contributed by atoms with Gasteiger partial charge in [0.05, 0.1) is 0 Å². The van der Waals surface area contributed by atoms with Gasteiger partial charge in [-0.15, -0.1) is 0 Å². The van der Waals surface area contributed by atoms with Crippen LogP contribution in [-0.2, 0) is 0 Å². The number of halogens is 2. The van der Waals surface area contributed by atoms with Crippen molar-refractivity contribution in [2.45, 2.75) is 28.9 Å². The van der Waals surface area contributed by atoms with E-state index >= 15 is 0 Å². The van der Waals surface area contributed by atoms with E-state index in [1.165, 1.54) is 19.3 Å². The summed E-state index contributed by atoms with van der Waals surface area (Å²) < 4.78 is 0. The van der Waals surface area contributed by atoms with E-state index in [9.17, 15) is 0 Å². The van der Waals surface area contributed by atoms with Crippen molar-refractivity contribution in [1.82, 2.24) is 0 Å². The second-order valence-electron chi connectivity index (χ2n) is 4.36. The number of rotatable bonds is 0. The Morgan fingerprint density at radius 2 is 1.36 bits per heavy atom. The first kappa shape index (κ1) is 7.37. The molecule has 0 heterocycles. The van der Waals surface area contributed by atoms with Crippen molar-refractivity contribution < 1.29 is 0 Å². The van der Waals surface area contributed by atoms with Crippen LogP contribution in [0.1, 0.15) is 19.3 Å². The Labute approximate surface area is 84.4 Å². The van der Waals surface area contributed by atoms with Crippen molar-refractivity contribution in [3.63, 3.8) is 0 Å². The first-order valence-electron chi connectivity index (χ1n) is 4.57. The van der Waals surface area contributed by atoms with Crippen molar-refractivity contribution in [1.29, 1.82) is 0 Å². The summed E-state index contributed by atoms with van der Waals surface area (Å²) in [6, 6.07) is 0. The van der Waals surface area contributed by atoms with E-state index in [1.807, 2.05) is 0 Å². The molecule has 0 aliphatic heterocycles. The monoisotopic (exact) mass is 278 g/mol. The van der Waals surface area contributed by atoms with E-state index in [4.69, 9.17) is 0 Å². The van der Waals surface area contributed by atoms with Crippen LogP contribution in [0.15, 0.2) is 0 Å². The molecule has 3 aliphatic carbocycles. The molecule has 0 aromatic rings. The van der Waals surface area contributed by atoms with Gasteiger partial charge in [0.25, 0.3) is 0 Å². The lowest BCUT2D eigenvalue weighted by Crippen LogP contribution is -2.30. The predicted octanol–water partition coefficient (Wildman–Crippen LogP) is 3.19. The SMILES string of the molecule is BrC1[C@H]2CC[C@@H]1[C@@H]1C[C@@H]1[C@@H]2Br. The summed E-state index contributed by atoms with van der Waals surface area (Å²) in [6.45, 7) is 0. The molecule has 2 heteroatoms.